The maximum absolute atomic E-state index is 12.0. The molecule has 0 aliphatic rings. The molecular formula is C20H18N2O5. The molecule has 2 aromatic carbocycles. The van der Waals surface area contributed by atoms with E-state index >= 15 is 0 Å². The summed E-state index contributed by atoms with van der Waals surface area (Å²) in [6.07, 6.45) is 0. The molecule has 0 bridgehead atoms. The number of carbonyl (C=O) groups is 2. The molecular weight excluding hydrogens is 348 g/mol. The minimum Gasteiger partial charge on any atom is -0.484 e. The fourth-order valence-electron chi connectivity index (χ4n) is 2.60. The highest BCUT2D eigenvalue weighted by atomic mass is 16.5. The van der Waals surface area contributed by atoms with Crippen molar-refractivity contribution >= 4 is 22.8 Å². The number of hydrogen-bond donors (Lipinski definition) is 2. The average molecular weight is 366 g/mol. The highest BCUT2D eigenvalue weighted by Gasteiger charge is 2.10. The Morgan fingerprint density at radius 3 is 2.56 bits per heavy atom. The SMILES string of the molecule is Cc1ccccc1C(=O)NNC(=O)COc1ccc2c(C)cc(=O)oc2c1. The number of fused-ring (bicyclic) bond motifs is 1. The minimum absolute atomic E-state index is 0.310. The molecule has 0 atom stereocenters. The minimum atomic E-state index is -0.525. The van der Waals surface area contributed by atoms with Crippen LogP contribution in [-0.2, 0) is 4.79 Å². The first-order valence-corrected chi connectivity index (χ1v) is 8.26. The van der Waals surface area contributed by atoms with Crippen molar-refractivity contribution in [2.75, 3.05) is 6.61 Å². The molecule has 0 saturated carbocycles. The molecule has 0 fully saturated rings. The van der Waals surface area contributed by atoms with Crippen LogP contribution in [0.1, 0.15) is 21.5 Å². The predicted octanol–water partition coefficient (Wildman–Crippen LogP) is 2.25. The molecule has 2 amide bonds. The molecule has 27 heavy (non-hydrogen) atoms. The van der Waals surface area contributed by atoms with Crippen molar-refractivity contribution < 1.29 is 18.7 Å². The Morgan fingerprint density at radius 2 is 1.78 bits per heavy atom. The Bertz CT molecular complexity index is 1070. The smallest absolute Gasteiger partial charge is 0.336 e. The number of ether oxygens (including phenoxy) is 1. The van der Waals surface area contributed by atoms with E-state index < -0.39 is 17.4 Å². The standard InChI is InChI=1S/C20H18N2O5/c1-12-5-3-4-6-16(12)20(25)22-21-18(23)11-26-14-7-8-15-13(2)9-19(24)27-17(15)10-14/h3-10H,11H2,1-2H3,(H,21,23)(H,22,25). The van der Waals surface area contributed by atoms with E-state index in [0.717, 1.165) is 16.5 Å². The van der Waals surface area contributed by atoms with Gasteiger partial charge >= 0.3 is 5.63 Å². The molecule has 0 radical (unpaired) electrons. The van der Waals surface area contributed by atoms with E-state index in [-0.39, 0.29) is 6.61 Å². The molecule has 7 nitrogen and oxygen atoms in total. The largest absolute Gasteiger partial charge is 0.484 e. The van der Waals surface area contributed by atoms with Gasteiger partial charge in [0.25, 0.3) is 11.8 Å². The van der Waals surface area contributed by atoms with Gasteiger partial charge in [-0.1, -0.05) is 18.2 Å². The van der Waals surface area contributed by atoms with Crippen molar-refractivity contribution in [3.05, 3.63) is 75.6 Å². The van der Waals surface area contributed by atoms with E-state index in [4.69, 9.17) is 9.15 Å². The number of aryl methyl sites for hydroxylation is 2. The van der Waals surface area contributed by atoms with Crippen molar-refractivity contribution in [1.29, 1.82) is 0 Å². The molecule has 0 spiro atoms. The van der Waals surface area contributed by atoms with Gasteiger partial charge in [0.1, 0.15) is 11.3 Å². The third-order valence-electron chi connectivity index (χ3n) is 4.00. The highest BCUT2D eigenvalue weighted by molar-refractivity contribution is 5.96. The van der Waals surface area contributed by atoms with E-state index in [2.05, 4.69) is 10.9 Å². The zero-order valence-corrected chi connectivity index (χ0v) is 14.9. The van der Waals surface area contributed by atoms with Crippen molar-refractivity contribution in [1.82, 2.24) is 10.9 Å². The topological polar surface area (TPSA) is 97.6 Å². The van der Waals surface area contributed by atoms with E-state index in [1.807, 2.05) is 13.0 Å². The molecule has 3 rings (SSSR count). The maximum Gasteiger partial charge on any atom is 0.336 e. The van der Waals surface area contributed by atoms with Gasteiger partial charge in [0.15, 0.2) is 6.61 Å². The number of carbonyl (C=O) groups excluding carboxylic acids is 2. The highest BCUT2D eigenvalue weighted by Crippen LogP contribution is 2.22. The Labute approximate surface area is 154 Å². The second-order valence-electron chi connectivity index (χ2n) is 6.01. The van der Waals surface area contributed by atoms with Crippen LogP contribution in [0.4, 0.5) is 0 Å². The second-order valence-corrected chi connectivity index (χ2v) is 6.01. The molecule has 7 heteroatoms. The fourth-order valence-corrected chi connectivity index (χ4v) is 2.60. The molecule has 3 aromatic rings. The molecule has 0 unspecified atom stereocenters. The summed E-state index contributed by atoms with van der Waals surface area (Å²) in [6, 6.07) is 13.4. The summed E-state index contributed by atoms with van der Waals surface area (Å²) in [7, 11) is 0. The first-order chi connectivity index (χ1) is 12.9. The van der Waals surface area contributed by atoms with Crippen LogP contribution in [0.2, 0.25) is 0 Å². The normalized spacial score (nSPS) is 10.4. The van der Waals surface area contributed by atoms with Crippen molar-refractivity contribution in [2.45, 2.75) is 13.8 Å². The van der Waals surface area contributed by atoms with Gasteiger partial charge in [-0.15, -0.1) is 0 Å². The third kappa shape index (κ3) is 4.33. The van der Waals surface area contributed by atoms with Crippen LogP contribution in [-0.4, -0.2) is 18.4 Å². The van der Waals surface area contributed by atoms with Crippen LogP contribution >= 0.6 is 0 Å². The van der Waals surface area contributed by atoms with Gasteiger partial charge in [0.2, 0.25) is 0 Å². The molecule has 1 aromatic heterocycles. The Balaban J connectivity index is 1.58. The van der Waals surface area contributed by atoms with E-state index in [9.17, 15) is 14.4 Å². The van der Waals surface area contributed by atoms with Gasteiger partial charge in [-0.05, 0) is 43.2 Å². The van der Waals surface area contributed by atoms with Crippen LogP contribution in [0.15, 0.2) is 57.7 Å². The predicted molar refractivity (Wildman–Crippen MR) is 99.5 cm³/mol. The first-order valence-electron chi connectivity index (χ1n) is 8.26. The van der Waals surface area contributed by atoms with Gasteiger partial charge in [-0.2, -0.15) is 0 Å². The molecule has 2 N–H and O–H groups in total. The lowest BCUT2D eigenvalue weighted by Gasteiger charge is -2.10. The summed E-state index contributed by atoms with van der Waals surface area (Å²) in [6.45, 7) is 3.31. The number of nitrogens with one attached hydrogen (secondary N) is 2. The number of amides is 2. The van der Waals surface area contributed by atoms with Gasteiger partial charge in [-0.3, -0.25) is 20.4 Å². The zero-order chi connectivity index (χ0) is 19.4. The van der Waals surface area contributed by atoms with E-state index in [1.54, 1.807) is 43.3 Å². The van der Waals surface area contributed by atoms with Crippen molar-refractivity contribution in [2.24, 2.45) is 0 Å². The van der Waals surface area contributed by atoms with Crippen LogP contribution in [0.3, 0.4) is 0 Å². The lowest BCUT2D eigenvalue weighted by molar-refractivity contribution is -0.123. The summed E-state index contributed by atoms with van der Waals surface area (Å²) < 4.78 is 10.5. The first kappa shape index (κ1) is 18.2. The Hall–Kier alpha value is -3.61. The molecule has 1 heterocycles. The van der Waals surface area contributed by atoms with E-state index in [1.165, 1.54) is 6.07 Å². The van der Waals surface area contributed by atoms with Gasteiger partial charge < -0.3 is 9.15 Å². The quantitative estimate of drug-likeness (QED) is 0.545. The number of benzene rings is 2. The molecule has 138 valence electrons. The van der Waals surface area contributed by atoms with Crippen LogP contribution in [0.25, 0.3) is 11.0 Å². The van der Waals surface area contributed by atoms with Gasteiger partial charge in [0.05, 0.1) is 0 Å². The number of hydrogen-bond acceptors (Lipinski definition) is 5. The molecule has 0 aliphatic carbocycles. The monoisotopic (exact) mass is 366 g/mol. The van der Waals surface area contributed by atoms with Crippen molar-refractivity contribution in [3.63, 3.8) is 0 Å². The van der Waals surface area contributed by atoms with Crippen LogP contribution < -0.4 is 21.2 Å². The lowest BCUT2D eigenvalue weighted by atomic mass is 10.1. The zero-order valence-electron chi connectivity index (χ0n) is 14.9. The van der Waals surface area contributed by atoms with Crippen molar-refractivity contribution in [3.8, 4) is 5.75 Å². The Morgan fingerprint density at radius 1 is 1.00 bits per heavy atom. The van der Waals surface area contributed by atoms with Gasteiger partial charge in [-0.25, -0.2) is 4.79 Å². The fraction of sp³-hybridized carbons (Fsp3) is 0.150. The van der Waals surface area contributed by atoms with Crippen LogP contribution in [0, 0.1) is 13.8 Å². The summed E-state index contributed by atoms with van der Waals surface area (Å²) in [5.41, 5.74) is 6.64. The van der Waals surface area contributed by atoms with Gasteiger partial charge in [0, 0.05) is 23.1 Å². The number of hydrazine groups is 1. The van der Waals surface area contributed by atoms with E-state index in [0.29, 0.717) is 16.9 Å². The summed E-state index contributed by atoms with van der Waals surface area (Å²) in [5, 5.41) is 0.789. The lowest BCUT2D eigenvalue weighted by Crippen LogP contribution is -2.44. The molecule has 0 aliphatic heterocycles. The van der Waals surface area contributed by atoms with Crippen LogP contribution in [0.5, 0.6) is 5.75 Å². The third-order valence-corrected chi connectivity index (χ3v) is 4.00. The maximum atomic E-state index is 12.0. The number of rotatable bonds is 4. The average Bonchev–Trinajstić information content (AvgIpc) is 2.64. The summed E-state index contributed by atoms with van der Waals surface area (Å²) in [5.74, 6) is -0.566. The summed E-state index contributed by atoms with van der Waals surface area (Å²) in [4.78, 5) is 35.4. The Kier molecular flexibility index (Phi) is 5.21. The molecule has 0 saturated heterocycles. The summed E-state index contributed by atoms with van der Waals surface area (Å²) >= 11 is 0. The second kappa shape index (κ2) is 7.74.